The summed E-state index contributed by atoms with van der Waals surface area (Å²) in [4.78, 5) is 5.34. The number of aryl methyl sites for hydroxylation is 1. The van der Waals surface area contributed by atoms with Gasteiger partial charge in [0, 0.05) is 17.3 Å². The Labute approximate surface area is 92.9 Å². The maximum Gasteiger partial charge on any atom is 0.0820 e. The van der Waals surface area contributed by atoms with Crippen molar-refractivity contribution in [2.24, 2.45) is 5.84 Å². The molecule has 0 aliphatic rings. The molecule has 0 radical (unpaired) electrons. The number of nitrogens with one attached hydrogen (secondary N) is 1. The van der Waals surface area contributed by atoms with Crippen LogP contribution in [0, 0.1) is 6.92 Å². The fourth-order valence-corrected chi connectivity index (χ4v) is 2.56. The third-order valence-corrected chi connectivity index (χ3v) is 3.43. The lowest BCUT2D eigenvalue weighted by molar-refractivity contribution is 0.641. The predicted octanol–water partition coefficient (Wildman–Crippen LogP) is 2.00. The monoisotopic (exact) mass is 219 g/mol. The van der Waals surface area contributed by atoms with E-state index in [1.54, 1.807) is 17.5 Å². The Bertz CT molecular complexity index is 424. The zero-order valence-corrected chi connectivity index (χ0v) is 9.29. The Morgan fingerprint density at radius 2 is 2.33 bits per heavy atom. The van der Waals surface area contributed by atoms with Crippen LogP contribution in [0.4, 0.5) is 0 Å². The average molecular weight is 219 g/mol. The molecular formula is C11H13N3S. The van der Waals surface area contributed by atoms with Crippen LogP contribution in [0.15, 0.2) is 36.0 Å². The molecule has 3 nitrogen and oxygen atoms in total. The summed E-state index contributed by atoms with van der Waals surface area (Å²) >= 11 is 1.71. The number of aromatic nitrogens is 1. The van der Waals surface area contributed by atoms with Crippen molar-refractivity contribution in [2.75, 3.05) is 0 Å². The number of pyridine rings is 1. The molecule has 1 atom stereocenters. The van der Waals surface area contributed by atoms with E-state index in [0.29, 0.717) is 0 Å². The van der Waals surface area contributed by atoms with Gasteiger partial charge >= 0.3 is 0 Å². The van der Waals surface area contributed by atoms with Crippen LogP contribution in [0.3, 0.4) is 0 Å². The maximum absolute atomic E-state index is 5.59. The number of rotatable bonds is 3. The van der Waals surface area contributed by atoms with Crippen molar-refractivity contribution in [1.82, 2.24) is 10.4 Å². The lowest BCUT2D eigenvalue weighted by Crippen LogP contribution is -2.28. The number of hydrazine groups is 1. The number of thiophene rings is 1. The largest absolute Gasteiger partial charge is 0.271 e. The van der Waals surface area contributed by atoms with Crippen LogP contribution in [0.25, 0.3) is 0 Å². The summed E-state index contributed by atoms with van der Waals surface area (Å²) < 4.78 is 0. The van der Waals surface area contributed by atoms with E-state index in [2.05, 4.69) is 28.8 Å². The van der Waals surface area contributed by atoms with Crippen LogP contribution in [0.2, 0.25) is 0 Å². The molecule has 0 aromatic carbocycles. The van der Waals surface area contributed by atoms with E-state index < -0.39 is 0 Å². The van der Waals surface area contributed by atoms with Crippen LogP contribution in [-0.2, 0) is 0 Å². The van der Waals surface area contributed by atoms with E-state index in [9.17, 15) is 0 Å². The van der Waals surface area contributed by atoms with E-state index in [1.807, 2.05) is 18.3 Å². The first-order valence-electron chi connectivity index (χ1n) is 4.73. The minimum Gasteiger partial charge on any atom is -0.271 e. The fourth-order valence-electron chi connectivity index (χ4n) is 1.55. The number of nitrogens with two attached hydrogens (primary N) is 1. The van der Waals surface area contributed by atoms with Crippen molar-refractivity contribution in [2.45, 2.75) is 13.0 Å². The van der Waals surface area contributed by atoms with E-state index in [4.69, 9.17) is 5.84 Å². The molecule has 0 saturated carbocycles. The first kappa shape index (κ1) is 10.3. The van der Waals surface area contributed by atoms with Gasteiger partial charge in [0.05, 0.1) is 6.04 Å². The van der Waals surface area contributed by atoms with E-state index in [-0.39, 0.29) is 6.04 Å². The molecule has 0 saturated heterocycles. The molecule has 2 aromatic heterocycles. The van der Waals surface area contributed by atoms with Crippen LogP contribution < -0.4 is 11.3 Å². The van der Waals surface area contributed by atoms with Gasteiger partial charge < -0.3 is 0 Å². The van der Waals surface area contributed by atoms with Crippen LogP contribution in [-0.4, -0.2) is 4.98 Å². The molecule has 0 bridgehead atoms. The third-order valence-electron chi connectivity index (χ3n) is 2.35. The fraction of sp³-hybridized carbons (Fsp3) is 0.182. The molecule has 0 aliphatic heterocycles. The topological polar surface area (TPSA) is 50.9 Å². The Morgan fingerprint density at radius 1 is 1.47 bits per heavy atom. The van der Waals surface area contributed by atoms with E-state index >= 15 is 0 Å². The summed E-state index contributed by atoms with van der Waals surface area (Å²) in [5.41, 5.74) is 5.18. The van der Waals surface area contributed by atoms with Gasteiger partial charge in [-0.2, -0.15) is 0 Å². The van der Waals surface area contributed by atoms with Crippen molar-refractivity contribution < 1.29 is 0 Å². The molecule has 0 aliphatic carbocycles. The molecule has 0 fully saturated rings. The second kappa shape index (κ2) is 4.53. The minimum absolute atomic E-state index is 0.0405. The number of hydrogen-bond donors (Lipinski definition) is 2. The molecule has 0 spiro atoms. The lowest BCUT2D eigenvalue weighted by atomic mass is 10.1. The lowest BCUT2D eigenvalue weighted by Gasteiger charge is -2.15. The molecule has 0 amide bonds. The van der Waals surface area contributed by atoms with Crippen LogP contribution in [0.5, 0.6) is 0 Å². The highest BCUT2D eigenvalue weighted by molar-refractivity contribution is 7.10. The van der Waals surface area contributed by atoms with Gasteiger partial charge in [-0.25, -0.2) is 5.43 Å². The zero-order chi connectivity index (χ0) is 10.7. The molecule has 15 heavy (non-hydrogen) atoms. The van der Waals surface area contributed by atoms with Crippen molar-refractivity contribution in [1.29, 1.82) is 0 Å². The maximum atomic E-state index is 5.59. The van der Waals surface area contributed by atoms with Gasteiger partial charge in [-0.15, -0.1) is 11.3 Å². The Kier molecular flexibility index (Phi) is 3.11. The van der Waals surface area contributed by atoms with Crippen molar-refractivity contribution in [3.8, 4) is 0 Å². The molecule has 78 valence electrons. The molecule has 3 N–H and O–H groups in total. The molecule has 4 heteroatoms. The molecule has 2 aromatic rings. The van der Waals surface area contributed by atoms with Crippen LogP contribution in [0.1, 0.15) is 22.0 Å². The number of nitrogens with zero attached hydrogens (tertiary/aromatic N) is 1. The molecule has 2 rings (SSSR count). The highest BCUT2D eigenvalue weighted by atomic mass is 32.1. The summed E-state index contributed by atoms with van der Waals surface area (Å²) in [6.07, 6.45) is 3.60. The van der Waals surface area contributed by atoms with Crippen molar-refractivity contribution in [3.05, 3.63) is 52.0 Å². The quantitative estimate of drug-likeness (QED) is 0.613. The van der Waals surface area contributed by atoms with Gasteiger partial charge in [0.25, 0.3) is 0 Å². The number of hydrogen-bond acceptors (Lipinski definition) is 4. The van der Waals surface area contributed by atoms with Gasteiger partial charge in [-0.05, 0) is 35.6 Å². The molecular weight excluding hydrogens is 206 g/mol. The van der Waals surface area contributed by atoms with Gasteiger partial charge in [-0.1, -0.05) is 6.07 Å². The summed E-state index contributed by atoms with van der Waals surface area (Å²) in [7, 11) is 0. The smallest absolute Gasteiger partial charge is 0.0820 e. The van der Waals surface area contributed by atoms with Crippen molar-refractivity contribution in [3.63, 3.8) is 0 Å². The zero-order valence-electron chi connectivity index (χ0n) is 8.47. The van der Waals surface area contributed by atoms with Gasteiger partial charge in [0.15, 0.2) is 0 Å². The van der Waals surface area contributed by atoms with Crippen LogP contribution >= 0.6 is 11.3 Å². The first-order chi connectivity index (χ1) is 7.33. The Balaban J connectivity index is 2.37. The highest BCUT2D eigenvalue weighted by Crippen LogP contribution is 2.28. The average Bonchev–Trinajstić information content (AvgIpc) is 2.68. The summed E-state index contributed by atoms with van der Waals surface area (Å²) in [5, 5.41) is 2.07. The normalized spacial score (nSPS) is 12.7. The third kappa shape index (κ3) is 2.07. The summed E-state index contributed by atoms with van der Waals surface area (Å²) in [6.45, 7) is 2.09. The standard InChI is InChI=1S/C11H13N3S/c1-8-4-6-15-11(8)10(14-12)9-3-2-5-13-7-9/h2-7,10,14H,12H2,1H3. The SMILES string of the molecule is Cc1ccsc1C(NN)c1cccnc1. The second-order valence-corrected chi connectivity index (χ2v) is 4.30. The van der Waals surface area contributed by atoms with Gasteiger partial charge in [0.1, 0.15) is 0 Å². The van der Waals surface area contributed by atoms with Gasteiger partial charge in [-0.3, -0.25) is 10.8 Å². The van der Waals surface area contributed by atoms with Gasteiger partial charge in [0.2, 0.25) is 0 Å². The summed E-state index contributed by atoms with van der Waals surface area (Å²) in [6, 6.07) is 6.08. The van der Waals surface area contributed by atoms with E-state index in [0.717, 1.165) is 5.56 Å². The Hall–Kier alpha value is -1.23. The Morgan fingerprint density at radius 3 is 2.87 bits per heavy atom. The van der Waals surface area contributed by atoms with Crippen molar-refractivity contribution >= 4 is 11.3 Å². The summed E-state index contributed by atoms with van der Waals surface area (Å²) in [5.74, 6) is 5.59. The molecule has 1 unspecified atom stereocenters. The second-order valence-electron chi connectivity index (χ2n) is 3.35. The molecule has 2 heterocycles. The highest BCUT2D eigenvalue weighted by Gasteiger charge is 2.15. The minimum atomic E-state index is 0.0405. The van der Waals surface area contributed by atoms with E-state index in [1.165, 1.54) is 10.4 Å². The predicted molar refractivity (Wildman–Crippen MR) is 62.5 cm³/mol. The first-order valence-corrected chi connectivity index (χ1v) is 5.61.